The van der Waals surface area contributed by atoms with Crippen LogP contribution in [0.2, 0.25) is 0 Å². The van der Waals surface area contributed by atoms with Crippen LogP contribution in [0.4, 0.5) is 14.0 Å². The maximum atomic E-state index is 13.3. The van der Waals surface area contributed by atoms with Gasteiger partial charge in [-0.3, -0.25) is 18.9 Å². The van der Waals surface area contributed by atoms with Crippen LogP contribution >= 0.6 is 7.82 Å². The number of allylic oxidation sites excluding steroid dienone is 1. The van der Waals surface area contributed by atoms with E-state index in [9.17, 15) is 38.3 Å². The summed E-state index contributed by atoms with van der Waals surface area (Å²) >= 11 is 0. The lowest BCUT2D eigenvalue weighted by molar-refractivity contribution is -0.105. The SMILES string of the molecule is CC=C[C@H](O)[C@@](O)(CF)COP(=O)(OCOC(=O)OC(C)C)OCOC(=O)OC(C)C.O=c1ccn(CO)c(=O)[nH]1. The monoisotopic (exact) mass is 618 g/mol. The first-order chi connectivity index (χ1) is 19.1. The first-order valence-electron chi connectivity index (χ1n) is 11.8. The van der Waals surface area contributed by atoms with E-state index in [0.717, 1.165) is 16.7 Å². The number of hydrogen-bond acceptors (Lipinski definition) is 15. The predicted octanol–water partition coefficient (Wildman–Crippen LogP) is 1.31. The zero-order valence-corrected chi connectivity index (χ0v) is 24.0. The van der Waals surface area contributed by atoms with E-state index in [1.165, 1.54) is 19.2 Å². The van der Waals surface area contributed by atoms with E-state index in [1.807, 2.05) is 4.98 Å². The van der Waals surface area contributed by atoms with Gasteiger partial charge in [0, 0.05) is 12.3 Å². The number of nitrogens with one attached hydrogen (secondary N) is 1. The number of phosphoric ester groups is 1. The number of phosphoric acid groups is 1. The summed E-state index contributed by atoms with van der Waals surface area (Å²) in [6.45, 7) is 2.82. The molecule has 19 heteroatoms. The summed E-state index contributed by atoms with van der Waals surface area (Å²) in [6.07, 6.45) is -1.37. The number of aliphatic hydroxyl groups excluding tert-OH is 2. The Balaban J connectivity index is 0.00000133. The van der Waals surface area contributed by atoms with Gasteiger partial charge in [-0.2, -0.15) is 0 Å². The Morgan fingerprint density at radius 3 is 1.98 bits per heavy atom. The molecule has 1 heterocycles. The van der Waals surface area contributed by atoms with Gasteiger partial charge < -0.3 is 34.3 Å². The van der Waals surface area contributed by atoms with E-state index in [1.54, 1.807) is 27.7 Å². The predicted molar refractivity (Wildman–Crippen MR) is 136 cm³/mol. The number of ether oxygens (including phenoxy) is 4. The van der Waals surface area contributed by atoms with Crippen LogP contribution in [0, 0.1) is 0 Å². The van der Waals surface area contributed by atoms with Crippen molar-refractivity contribution in [2.24, 2.45) is 0 Å². The molecule has 0 saturated heterocycles. The average Bonchev–Trinajstić information content (AvgIpc) is 2.87. The van der Waals surface area contributed by atoms with Gasteiger partial charge in [0.05, 0.1) is 18.8 Å². The summed E-state index contributed by atoms with van der Waals surface area (Å²) in [5, 5.41) is 28.4. The van der Waals surface area contributed by atoms with Crippen molar-refractivity contribution in [3.05, 3.63) is 45.3 Å². The highest BCUT2D eigenvalue weighted by atomic mass is 31.2. The standard InChI is InChI=1S/C17H30FO12P.C5H6N2O3/c1-6-7-14(19)17(22,8-18)9-26-31(23,27-10-24-15(20)29-12(2)3)28-11-25-16(21)30-13(4)5;8-3-7-2-1-4(9)6-5(7)10/h6-7,12-14,19,22H,8-11H2,1-5H3;1-2,8H,3H2,(H,6,9,10)/t14-,17+;/m0./s1. The van der Waals surface area contributed by atoms with Gasteiger partial charge in [0.25, 0.3) is 5.56 Å². The van der Waals surface area contributed by atoms with E-state index in [-0.39, 0.29) is 0 Å². The lowest BCUT2D eigenvalue weighted by Gasteiger charge is -2.29. The van der Waals surface area contributed by atoms with Crippen molar-refractivity contribution in [1.29, 1.82) is 0 Å². The van der Waals surface area contributed by atoms with Gasteiger partial charge in [0.15, 0.2) is 0 Å². The maximum absolute atomic E-state index is 13.3. The van der Waals surface area contributed by atoms with Crippen LogP contribution in [0.15, 0.2) is 34.0 Å². The average molecular weight is 619 g/mol. The molecule has 4 N–H and O–H groups in total. The minimum atomic E-state index is -4.70. The van der Waals surface area contributed by atoms with Gasteiger partial charge in [-0.15, -0.1) is 0 Å². The number of H-pyrrole nitrogens is 1. The van der Waals surface area contributed by atoms with Gasteiger partial charge in [-0.25, -0.2) is 32.4 Å². The molecule has 0 unspecified atom stereocenters. The molecule has 1 rings (SSSR count). The lowest BCUT2D eigenvalue weighted by atomic mass is 9.99. The van der Waals surface area contributed by atoms with Crippen LogP contribution in [0.5, 0.6) is 0 Å². The Kier molecular flexibility index (Phi) is 17.6. The Morgan fingerprint density at radius 2 is 1.59 bits per heavy atom. The fourth-order valence-electron chi connectivity index (χ4n) is 2.15. The van der Waals surface area contributed by atoms with Crippen molar-refractivity contribution in [3.8, 4) is 0 Å². The highest BCUT2D eigenvalue weighted by Crippen LogP contribution is 2.50. The van der Waals surface area contributed by atoms with Gasteiger partial charge in [0.2, 0.25) is 13.6 Å². The molecule has 1 aromatic heterocycles. The first kappa shape index (κ1) is 37.9. The van der Waals surface area contributed by atoms with E-state index in [2.05, 4.69) is 18.9 Å². The van der Waals surface area contributed by atoms with Gasteiger partial charge in [-0.1, -0.05) is 12.2 Å². The van der Waals surface area contributed by atoms with Crippen molar-refractivity contribution in [1.82, 2.24) is 9.55 Å². The number of rotatable bonds is 15. The van der Waals surface area contributed by atoms with E-state index in [4.69, 9.17) is 18.7 Å². The van der Waals surface area contributed by atoms with Crippen molar-refractivity contribution >= 4 is 20.1 Å². The maximum Gasteiger partial charge on any atom is 0.510 e. The third-order valence-corrected chi connectivity index (χ3v) is 5.41. The molecule has 0 amide bonds. The second-order valence-corrected chi connectivity index (χ2v) is 9.93. The molecule has 0 aliphatic heterocycles. The second kappa shape index (κ2) is 19.1. The Morgan fingerprint density at radius 1 is 1.07 bits per heavy atom. The van der Waals surface area contributed by atoms with Crippen LogP contribution < -0.4 is 11.2 Å². The Bertz CT molecular complexity index is 1090. The number of aromatic amines is 1. The number of alkyl halides is 1. The van der Waals surface area contributed by atoms with Crippen LogP contribution in [0.25, 0.3) is 0 Å². The van der Waals surface area contributed by atoms with Crippen molar-refractivity contribution < 1.29 is 66.4 Å². The van der Waals surface area contributed by atoms with E-state index in [0.29, 0.717) is 0 Å². The number of aromatic nitrogens is 2. The molecule has 0 aliphatic rings. The van der Waals surface area contributed by atoms with Crippen molar-refractivity contribution in [2.45, 2.75) is 65.3 Å². The van der Waals surface area contributed by atoms with Gasteiger partial charge >= 0.3 is 25.8 Å². The molecule has 0 bridgehead atoms. The van der Waals surface area contributed by atoms with E-state index < -0.39 is 88.9 Å². The van der Waals surface area contributed by atoms with Gasteiger partial charge in [-0.05, 0) is 34.6 Å². The van der Waals surface area contributed by atoms with Gasteiger partial charge in [0.1, 0.15) is 25.1 Å². The highest BCUT2D eigenvalue weighted by Gasteiger charge is 2.40. The van der Waals surface area contributed by atoms with E-state index >= 15 is 0 Å². The molecular weight excluding hydrogens is 582 g/mol. The zero-order valence-electron chi connectivity index (χ0n) is 23.1. The van der Waals surface area contributed by atoms with Crippen LogP contribution in [-0.2, 0) is 43.8 Å². The fourth-order valence-corrected chi connectivity index (χ4v) is 3.12. The van der Waals surface area contributed by atoms with Crippen molar-refractivity contribution in [3.63, 3.8) is 0 Å². The summed E-state index contributed by atoms with van der Waals surface area (Å²) in [5.74, 6) is 0. The quantitative estimate of drug-likeness (QED) is 0.0939. The first-order valence-corrected chi connectivity index (χ1v) is 13.3. The molecule has 2 atom stereocenters. The smallest absolute Gasteiger partial charge is 0.432 e. The highest BCUT2D eigenvalue weighted by molar-refractivity contribution is 7.48. The second-order valence-electron chi connectivity index (χ2n) is 8.27. The minimum absolute atomic E-state index is 0.421. The van der Waals surface area contributed by atoms with Crippen LogP contribution in [0.1, 0.15) is 34.6 Å². The number of halogens is 1. The molecule has 17 nitrogen and oxygen atoms in total. The molecule has 0 saturated carbocycles. The summed E-state index contributed by atoms with van der Waals surface area (Å²) in [7, 11) is -4.70. The van der Waals surface area contributed by atoms with Crippen molar-refractivity contribution in [2.75, 3.05) is 26.9 Å². The largest absolute Gasteiger partial charge is 0.510 e. The molecule has 0 aliphatic carbocycles. The molecule has 0 fully saturated rings. The number of carbonyl (C=O) groups is 2. The summed E-state index contributed by atoms with van der Waals surface area (Å²) < 4.78 is 59.7. The minimum Gasteiger partial charge on any atom is -0.432 e. The topological polar surface area (TPSA) is 231 Å². The lowest BCUT2D eigenvalue weighted by Crippen LogP contribution is -2.47. The third-order valence-electron chi connectivity index (χ3n) is 4.12. The number of carbonyl (C=O) groups excluding carboxylic acids is 2. The molecular formula is C22H36FN2O15P. The van der Waals surface area contributed by atoms with Crippen LogP contribution in [-0.4, -0.2) is 88.0 Å². The Hall–Kier alpha value is -3.12. The summed E-state index contributed by atoms with van der Waals surface area (Å²) in [4.78, 5) is 45.7. The molecule has 41 heavy (non-hydrogen) atoms. The number of hydrogen-bond donors (Lipinski definition) is 4. The summed E-state index contributed by atoms with van der Waals surface area (Å²) in [5.41, 5.74) is -3.56. The molecule has 0 aromatic carbocycles. The Labute approximate surface area is 234 Å². The third kappa shape index (κ3) is 16.0. The summed E-state index contributed by atoms with van der Waals surface area (Å²) in [6, 6.07) is 1.16. The molecule has 1 aromatic rings. The molecule has 0 spiro atoms. The number of aliphatic hydroxyl groups is 3. The van der Waals surface area contributed by atoms with Crippen LogP contribution in [0.3, 0.4) is 0 Å². The molecule has 0 radical (unpaired) electrons. The fraction of sp³-hybridized carbons (Fsp3) is 0.636. The normalized spacial score (nSPS) is 13.7. The zero-order chi connectivity index (χ0) is 31.6. The molecule has 236 valence electrons. The number of nitrogens with zero attached hydrogens (tertiary/aromatic N) is 1.